The first-order valence-corrected chi connectivity index (χ1v) is 6.73. The zero-order valence-electron chi connectivity index (χ0n) is 13.3. The summed E-state index contributed by atoms with van der Waals surface area (Å²) in [6.45, 7) is 2.74. The van der Waals surface area contributed by atoms with E-state index < -0.39 is 35.9 Å². The summed E-state index contributed by atoms with van der Waals surface area (Å²) in [7, 11) is 0. The molecule has 0 aliphatic rings. The number of alkyl carbamates (subject to hydrolysis) is 1. The molecule has 0 heterocycles. The second-order valence-corrected chi connectivity index (χ2v) is 4.93. The molecule has 0 spiro atoms. The molecule has 0 bridgehead atoms. The number of aliphatic hydroxyl groups is 1. The average molecular weight is 331 g/mol. The van der Waals surface area contributed by atoms with Crippen LogP contribution in [0.3, 0.4) is 0 Å². The third kappa shape index (κ3) is 7.13. The summed E-state index contributed by atoms with van der Waals surface area (Å²) < 4.78 is 4.96. The molecule has 120 valence electrons. The summed E-state index contributed by atoms with van der Waals surface area (Å²) in [5, 5.41) is 22.7. The Bertz CT molecular complexity index is 536. The normalized spacial score (nSPS) is 13.9. The van der Waals surface area contributed by atoms with Gasteiger partial charge < -0.3 is 25.1 Å². The maximum absolute atomic E-state index is 11.6. The van der Waals surface area contributed by atoms with Gasteiger partial charge in [0.2, 0.25) is 0 Å². The SMILES string of the molecule is CC(C(=O)C(=O)[O-])C(O)[C@@H](C)NC(=O)OCc1ccccc1.[Na+]. The fourth-order valence-electron chi connectivity index (χ4n) is 1.81. The number of hydrogen-bond acceptors (Lipinski definition) is 6. The quantitative estimate of drug-likeness (QED) is 0.398. The fourth-order valence-corrected chi connectivity index (χ4v) is 1.81. The largest absolute Gasteiger partial charge is 1.00 e. The van der Waals surface area contributed by atoms with Gasteiger partial charge in [0.05, 0.1) is 12.1 Å². The predicted octanol–water partition coefficient (Wildman–Crippen LogP) is -3.38. The number of nitrogens with one attached hydrogen (secondary N) is 1. The number of aliphatic hydroxyl groups excluding tert-OH is 1. The number of ketones is 1. The minimum absolute atomic E-state index is 0. The molecule has 8 heteroatoms. The van der Waals surface area contributed by atoms with Crippen molar-refractivity contribution in [2.45, 2.75) is 32.6 Å². The summed E-state index contributed by atoms with van der Waals surface area (Å²) in [4.78, 5) is 33.3. The molecule has 0 radical (unpaired) electrons. The predicted molar refractivity (Wildman–Crippen MR) is 74.4 cm³/mol. The zero-order chi connectivity index (χ0) is 16.7. The first-order valence-electron chi connectivity index (χ1n) is 6.73. The van der Waals surface area contributed by atoms with Gasteiger partial charge in [-0.1, -0.05) is 37.3 Å². The van der Waals surface area contributed by atoms with E-state index in [0.717, 1.165) is 5.56 Å². The number of amides is 1. The Labute approximate surface area is 156 Å². The zero-order valence-corrected chi connectivity index (χ0v) is 15.3. The summed E-state index contributed by atoms with van der Waals surface area (Å²) in [5.74, 6) is -4.29. The van der Waals surface area contributed by atoms with Crippen LogP contribution >= 0.6 is 0 Å². The Hall–Kier alpha value is -1.41. The molecule has 0 saturated carbocycles. The Morgan fingerprint density at radius 1 is 1.22 bits per heavy atom. The van der Waals surface area contributed by atoms with Crippen LogP contribution in [0.1, 0.15) is 19.4 Å². The molecule has 23 heavy (non-hydrogen) atoms. The van der Waals surface area contributed by atoms with Crippen LogP contribution in [0.25, 0.3) is 0 Å². The van der Waals surface area contributed by atoms with Crippen molar-refractivity contribution >= 4 is 17.8 Å². The molecule has 2 N–H and O–H groups in total. The summed E-state index contributed by atoms with van der Waals surface area (Å²) in [6, 6.07) is 8.14. The molecule has 7 nitrogen and oxygen atoms in total. The number of ether oxygens (including phenoxy) is 1. The van der Waals surface area contributed by atoms with Gasteiger partial charge in [-0.25, -0.2) is 4.79 Å². The van der Waals surface area contributed by atoms with Crippen LogP contribution in [0, 0.1) is 5.92 Å². The third-order valence-electron chi connectivity index (χ3n) is 3.20. The van der Waals surface area contributed by atoms with E-state index in [2.05, 4.69) is 5.32 Å². The Morgan fingerprint density at radius 3 is 2.30 bits per heavy atom. The maximum Gasteiger partial charge on any atom is 1.00 e. The van der Waals surface area contributed by atoms with Gasteiger partial charge in [0.25, 0.3) is 0 Å². The number of carboxylic acids is 1. The Morgan fingerprint density at radius 2 is 1.78 bits per heavy atom. The molecule has 1 amide bonds. The van der Waals surface area contributed by atoms with Crippen molar-refractivity contribution in [2.24, 2.45) is 5.92 Å². The van der Waals surface area contributed by atoms with E-state index in [1.54, 1.807) is 24.3 Å². The number of benzene rings is 1. The summed E-state index contributed by atoms with van der Waals surface area (Å²) >= 11 is 0. The molecule has 3 atom stereocenters. The van der Waals surface area contributed by atoms with Crippen LogP contribution in [0.2, 0.25) is 0 Å². The van der Waals surface area contributed by atoms with Crippen molar-refractivity contribution in [1.82, 2.24) is 5.32 Å². The first-order chi connectivity index (χ1) is 10.3. The van der Waals surface area contributed by atoms with E-state index in [0.29, 0.717) is 0 Å². The van der Waals surface area contributed by atoms with Gasteiger partial charge in [0, 0.05) is 5.92 Å². The molecule has 1 aromatic rings. The van der Waals surface area contributed by atoms with Crippen LogP contribution in [-0.4, -0.2) is 35.1 Å². The summed E-state index contributed by atoms with van der Waals surface area (Å²) in [5.41, 5.74) is 0.798. The van der Waals surface area contributed by atoms with Crippen molar-refractivity contribution < 1.29 is 58.9 Å². The van der Waals surface area contributed by atoms with Crippen molar-refractivity contribution in [3.63, 3.8) is 0 Å². The van der Waals surface area contributed by atoms with Gasteiger partial charge >= 0.3 is 35.7 Å². The van der Waals surface area contributed by atoms with E-state index in [-0.39, 0.29) is 36.2 Å². The van der Waals surface area contributed by atoms with E-state index in [1.807, 2.05) is 6.07 Å². The third-order valence-corrected chi connectivity index (χ3v) is 3.20. The molecular weight excluding hydrogens is 313 g/mol. The number of hydrogen-bond donors (Lipinski definition) is 2. The molecule has 1 aromatic carbocycles. The standard InChI is InChI=1S/C15H19NO6.Na/c1-9(13(18)14(19)20)12(17)10(2)16-15(21)22-8-11-6-4-3-5-7-11;/h3-7,9-10,12,17H,8H2,1-2H3,(H,16,21)(H,19,20);/q;+1/p-1/t9?,10-,12?;/m1./s1. The number of rotatable bonds is 7. The Balaban J connectivity index is 0.00000484. The van der Waals surface area contributed by atoms with Gasteiger partial charge in [-0.15, -0.1) is 0 Å². The number of Topliss-reactive ketones (excluding diaryl/α,β-unsaturated/α-hetero) is 1. The van der Waals surface area contributed by atoms with Gasteiger partial charge in [0.15, 0.2) is 5.78 Å². The molecule has 2 unspecified atom stereocenters. The van der Waals surface area contributed by atoms with Gasteiger partial charge in [-0.3, -0.25) is 4.79 Å². The smallest absolute Gasteiger partial charge is 0.542 e. The topological polar surface area (TPSA) is 116 Å². The van der Waals surface area contributed by atoms with Crippen molar-refractivity contribution in [1.29, 1.82) is 0 Å². The van der Waals surface area contributed by atoms with Crippen LogP contribution < -0.4 is 40.0 Å². The van der Waals surface area contributed by atoms with Gasteiger partial charge in [-0.2, -0.15) is 0 Å². The van der Waals surface area contributed by atoms with Crippen molar-refractivity contribution in [3.05, 3.63) is 35.9 Å². The molecule has 0 saturated heterocycles. The van der Waals surface area contributed by atoms with E-state index in [4.69, 9.17) is 4.74 Å². The number of carboxylic acid groups (broad SMARTS) is 1. The first kappa shape index (κ1) is 21.6. The molecule has 0 aliphatic carbocycles. The molecule has 0 fully saturated rings. The fraction of sp³-hybridized carbons (Fsp3) is 0.400. The monoisotopic (exact) mass is 331 g/mol. The number of carbonyl (C=O) groups is 3. The maximum atomic E-state index is 11.6. The van der Waals surface area contributed by atoms with Crippen LogP contribution in [-0.2, 0) is 20.9 Å². The molecule has 1 rings (SSSR count). The van der Waals surface area contributed by atoms with E-state index >= 15 is 0 Å². The van der Waals surface area contributed by atoms with Gasteiger partial charge in [-0.05, 0) is 12.5 Å². The molecule has 0 aromatic heterocycles. The second kappa shape index (κ2) is 10.4. The van der Waals surface area contributed by atoms with E-state index in [1.165, 1.54) is 13.8 Å². The molecular formula is C15H18NNaO6. The van der Waals surface area contributed by atoms with E-state index in [9.17, 15) is 24.6 Å². The number of carbonyl (C=O) groups excluding carboxylic acids is 3. The van der Waals surface area contributed by atoms with Crippen molar-refractivity contribution in [3.8, 4) is 0 Å². The molecule has 0 aliphatic heterocycles. The number of aliphatic carboxylic acids is 1. The average Bonchev–Trinajstić information content (AvgIpc) is 2.51. The van der Waals surface area contributed by atoms with Crippen LogP contribution in [0.4, 0.5) is 4.79 Å². The van der Waals surface area contributed by atoms with Gasteiger partial charge in [0.1, 0.15) is 12.6 Å². The second-order valence-electron chi connectivity index (χ2n) is 4.93. The minimum Gasteiger partial charge on any atom is -0.542 e. The summed E-state index contributed by atoms with van der Waals surface area (Å²) in [6.07, 6.45) is -2.14. The van der Waals surface area contributed by atoms with Crippen LogP contribution in [0.5, 0.6) is 0 Å². The Kier molecular flexibility index (Phi) is 9.74. The van der Waals surface area contributed by atoms with Crippen molar-refractivity contribution in [2.75, 3.05) is 0 Å². The minimum atomic E-state index is -1.87. The van der Waals surface area contributed by atoms with Crippen LogP contribution in [0.15, 0.2) is 30.3 Å².